The Morgan fingerprint density at radius 3 is 2.75 bits per heavy atom. The Morgan fingerprint density at radius 1 is 1.40 bits per heavy atom. The van der Waals surface area contributed by atoms with Crippen LogP contribution in [0.3, 0.4) is 0 Å². The van der Waals surface area contributed by atoms with Gasteiger partial charge in [-0.15, -0.1) is 0 Å². The van der Waals surface area contributed by atoms with Gasteiger partial charge in [0.25, 0.3) is 0 Å². The van der Waals surface area contributed by atoms with Crippen LogP contribution < -0.4 is 5.32 Å². The largest absolute Gasteiger partial charge is 0.387 e. The fourth-order valence-electron chi connectivity index (χ4n) is 1.99. The van der Waals surface area contributed by atoms with Gasteiger partial charge in [0, 0.05) is 17.5 Å². The van der Waals surface area contributed by atoms with Gasteiger partial charge in [0.05, 0.1) is 12.3 Å². The highest BCUT2D eigenvalue weighted by Crippen LogP contribution is 2.25. The highest BCUT2D eigenvalue weighted by Gasteiger charge is 2.23. The van der Waals surface area contributed by atoms with Gasteiger partial charge in [0.15, 0.2) is 0 Å². The van der Waals surface area contributed by atoms with E-state index in [1.54, 1.807) is 12.3 Å². The molecule has 1 aromatic heterocycles. The zero-order chi connectivity index (χ0) is 14.9. The average Bonchev–Trinajstić information content (AvgIpc) is 2.86. The van der Waals surface area contributed by atoms with Crippen molar-refractivity contribution in [3.63, 3.8) is 0 Å². The molecule has 0 fully saturated rings. The number of aliphatic hydroxyl groups is 1. The molecule has 2 rings (SSSR count). The zero-order valence-electron chi connectivity index (χ0n) is 12.4. The second-order valence-corrected chi connectivity index (χ2v) is 6.07. The van der Waals surface area contributed by atoms with Gasteiger partial charge >= 0.3 is 0 Å². The standard InChI is InChI=1S/C15H22FN3O/c1-9(2)15(3,4)17-8-13(20)10-5-6-12(16)14-11(10)7-18-19-14/h5-7,9,13,17,20H,8H2,1-4H3,(H,18,19)/t13-/m0/s1. The number of H-pyrrole nitrogens is 1. The summed E-state index contributed by atoms with van der Waals surface area (Å²) in [6, 6.07) is 2.97. The van der Waals surface area contributed by atoms with Crippen molar-refractivity contribution in [1.82, 2.24) is 15.5 Å². The highest BCUT2D eigenvalue weighted by molar-refractivity contribution is 5.82. The minimum Gasteiger partial charge on any atom is -0.387 e. The van der Waals surface area contributed by atoms with Crippen LogP contribution in [0.1, 0.15) is 39.4 Å². The van der Waals surface area contributed by atoms with Gasteiger partial charge in [-0.3, -0.25) is 5.10 Å². The number of rotatable bonds is 5. The summed E-state index contributed by atoms with van der Waals surface area (Å²) in [6.07, 6.45) is 0.846. The Labute approximate surface area is 118 Å². The minimum atomic E-state index is -0.700. The predicted molar refractivity (Wildman–Crippen MR) is 77.9 cm³/mol. The first-order valence-electron chi connectivity index (χ1n) is 6.87. The Hall–Kier alpha value is -1.46. The molecular formula is C15H22FN3O. The molecule has 5 heteroatoms. The van der Waals surface area contributed by atoms with Crippen LogP contribution in [0.15, 0.2) is 18.3 Å². The van der Waals surface area contributed by atoms with Crippen molar-refractivity contribution in [3.05, 3.63) is 29.7 Å². The smallest absolute Gasteiger partial charge is 0.148 e. The lowest BCUT2D eigenvalue weighted by molar-refractivity contribution is 0.152. The van der Waals surface area contributed by atoms with E-state index in [-0.39, 0.29) is 11.4 Å². The number of nitrogens with zero attached hydrogens (tertiary/aromatic N) is 1. The second kappa shape index (κ2) is 5.50. The maximum Gasteiger partial charge on any atom is 0.148 e. The maximum atomic E-state index is 13.6. The second-order valence-electron chi connectivity index (χ2n) is 6.07. The average molecular weight is 279 g/mol. The third-order valence-corrected chi connectivity index (χ3v) is 4.15. The maximum absolute atomic E-state index is 13.6. The number of β-amino-alcohol motifs (C(OH)–C–C–N with tert-alkyl or cyclic N) is 1. The fourth-order valence-corrected chi connectivity index (χ4v) is 1.99. The number of halogens is 1. The van der Waals surface area contributed by atoms with Gasteiger partial charge in [-0.25, -0.2) is 4.39 Å². The number of fused-ring (bicyclic) bond motifs is 1. The summed E-state index contributed by atoms with van der Waals surface area (Å²) < 4.78 is 13.6. The number of aliphatic hydroxyl groups excluding tert-OH is 1. The first-order chi connectivity index (χ1) is 9.33. The third kappa shape index (κ3) is 2.83. The van der Waals surface area contributed by atoms with Crippen LogP contribution in [0, 0.1) is 11.7 Å². The van der Waals surface area contributed by atoms with Gasteiger partial charge < -0.3 is 10.4 Å². The molecule has 0 spiro atoms. The molecule has 0 radical (unpaired) electrons. The lowest BCUT2D eigenvalue weighted by Crippen LogP contribution is -2.45. The van der Waals surface area contributed by atoms with E-state index in [2.05, 4.69) is 43.2 Å². The summed E-state index contributed by atoms with van der Waals surface area (Å²) in [4.78, 5) is 0. The molecule has 0 aliphatic heterocycles. The summed E-state index contributed by atoms with van der Waals surface area (Å²) in [7, 11) is 0. The molecule has 0 saturated carbocycles. The number of benzene rings is 1. The zero-order valence-corrected chi connectivity index (χ0v) is 12.4. The summed E-state index contributed by atoms with van der Waals surface area (Å²) >= 11 is 0. The molecular weight excluding hydrogens is 257 g/mol. The van der Waals surface area contributed by atoms with Crippen LogP contribution in [-0.4, -0.2) is 27.4 Å². The van der Waals surface area contributed by atoms with Crippen molar-refractivity contribution in [1.29, 1.82) is 0 Å². The van der Waals surface area contributed by atoms with Crippen molar-refractivity contribution < 1.29 is 9.50 Å². The van der Waals surface area contributed by atoms with Crippen LogP contribution in [0.25, 0.3) is 10.9 Å². The van der Waals surface area contributed by atoms with E-state index in [4.69, 9.17) is 0 Å². The van der Waals surface area contributed by atoms with Crippen molar-refractivity contribution in [2.45, 2.75) is 39.3 Å². The van der Waals surface area contributed by atoms with E-state index in [0.29, 0.717) is 28.9 Å². The van der Waals surface area contributed by atoms with Crippen molar-refractivity contribution in [3.8, 4) is 0 Å². The quantitative estimate of drug-likeness (QED) is 0.788. The highest BCUT2D eigenvalue weighted by atomic mass is 19.1. The summed E-state index contributed by atoms with van der Waals surface area (Å²) in [5, 5.41) is 20.8. The van der Waals surface area contributed by atoms with Gasteiger partial charge in [-0.2, -0.15) is 5.10 Å². The summed E-state index contributed by atoms with van der Waals surface area (Å²) in [5.74, 6) is 0.0841. The van der Waals surface area contributed by atoms with Crippen molar-refractivity contribution in [2.75, 3.05) is 6.54 Å². The molecule has 0 saturated heterocycles. The van der Waals surface area contributed by atoms with E-state index in [1.165, 1.54) is 6.07 Å². The molecule has 4 nitrogen and oxygen atoms in total. The number of hydrogen-bond acceptors (Lipinski definition) is 3. The molecule has 0 amide bonds. The van der Waals surface area contributed by atoms with E-state index >= 15 is 0 Å². The molecule has 20 heavy (non-hydrogen) atoms. The Morgan fingerprint density at radius 2 is 2.10 bits per heavy atom. The van der Waals surface area contributed by atoms with Gasteiger partial charge in [0.2, 0.25) is 0 Å². The first-order valence-corrected chi connectivity index (χ1v) is 6.87. The van der Waals surface area contributed by atoms with Crippen molar-refractivity contribution >= 4 is 10.9 Å². The van der Waals surface area contributed by atoms with Crippen LogP contribution >= 0.6 is 0 Å². The molecule has 1 aromatic carbocycles. The lowest BCUT2D eigenvalue weighted by atomic mass is 9.90. The van der Waals surface area contributed by atoms with Crippen LogP contribution in [0.5, 0.6) is 0 Å². The molecule has 0 bridgehead atoms. The summed E-state index contributed by atoms with van der Waals surface area (Å²) in [5.41, 5.74) is 0.947. The molecule has 3 N–H and O–H groups in total. The monoisotopic (exact) mass is 279 g/mol. The Balaban J connectivity index is 2.18. The molecule has 0 aliphatic carbocycles. The summed E-state index contributed by atoms with van der Waals surface area (Å²) in [6.45, 7) is 8.87. The molecule has 110 valence electrons. The Kier molecular flexibility index (Phi) is 4.11. The molecule has 1 atom stereocenters. The van der Waals surface area contributed by atoms with Gasteiger partial charge in [0.1, 0.15) is 11.3 Å². The third-order valence-electron chi connectivity index (χ3n) is 4.15. The van der Waals surface area contributed by atoms with Crippen LogP contribution in [0.4, 0.5) is 4.39 Å². The minimum absolute atomic E-state index is 0.0729. The van der Waals surface area contributed by atoms with E-state index in [9.17, 15) is 9.50 Å². The number of hydrogen-bond donors (Lipinski definition) is 3. The van der Waals surface area contributed by atoms with Crippen molar-refractivity contribution in [2.24, 2.45) is 5.92 Å². The van der Waals surface area contributed by atoms with E-state index in [0.717, 1.165) is 0 Å². The normalized spacial score (nSPS) is 14.2. The van der Waals surface area contributed by atoms with Crippen LogP contribution in [-0.2, 0) is 0 Å². The number of aromatic amines is 1. The topological polar surface area (TPSA) is 60.9 Å². The fraction of sp³-hybridized carbons (Fsp3) is 0.533. The van der Waals surface area contributed by atoms with Gasteiger partial charge in [-0.05, 0) is 31.4 Å². The SMILES string of the molecule is CC(C)C(C)(C)NC[C@H](O)c1ccc(F)c2[nH]ncc12. The van der Waals surface area contributed by atoms with E-state index in [1.807, 2.05) is 0 Å². The Bertz CT molecular complexity index is 592. The van der Waals surface area contributed by atoms with Gasteiger partial charge in [-0.1, -0.05) is 19.9 Å². The molecule has 2 aromatic rings. The molecule has 0 aliphatic rings. The lowest BCUT2D eigenvalue weighted by Gasteiger charge is -2.32. The molecule has 0 unspecified atom stereocenters. The first kappa shape index (κ1) is 14.9. The molecule has 1 heterocycles. The predicted octanol–water partition coefficient (Wildman–Crippen LogP) is 2.76. The number of nitrogens with one attached hydrogen (secondary N) is 2. The van der Waals surface area contributed by atoms with E-state index < -0.39 is 6.10 Å². The van der Waals surface area contributed by atoms with Crippen LogP contribution in [0.2, 0.25) is 0 Å². The number of aromatic nitrogens is 2.